The fourth-order valence-corrected chi connectivity index (χ4v) is 0.651. The van der Waals surface area contributed by atoms with E-state index in [4.69, 9.17) is 0 Å². The van der Waals surface area contributed by atoms with Gasteiger partial charge in [0.05, 0.1) is 0 Å². The minimum Gasteiger partial charge on any atom is -0.258 e. The van der Waals surface area contributed by atoms with E-state index in [1.165, 1.54) is 6.42 Å². The third-order valence-electron chi connectivity index (χ3n) is 1.30. The van der Waals surface area contributed by atoms with Crippen LogP contribution in [0, 0.1) is 5.41 Å². The molecule has 0 bridgehead atoms. The third-order valence-corrected chi connectivity index (χ3v) is 1.30. The van der Waals surface area contributed by atoms with Crippen LogP contribution in [0.5, 0.6) is 0 Å². The number of nitrogens with one attached hydrogen (secondary N) is 2. The molecular formula is C8H20N2. The lowest BCUT2D eigenvalue weighted by molar-refractivity contribution is 0.354. The van der Waals surface area contributed by atoms with Gasteiger partial charge in [0.1, 0.15) is 0 Å². The highest BCUT2D eigenvalue weighted by Crippen LogP contribution is 2.16. The lowest BCUT2D eigenvalue weighted by Gasteiger charge is -2.17. The molecule has 0 saturated carbocycles. The molecule has 10 heavy (non-hydrogen) atoms. The van der Waals surface area contributed by atoms with Crippen LogP contribution in [0.3, 0.4) is 0 Å². The smallest absolute Gasteiger partial charge is 0.0105 e. The second-order valence-corrected chi connectivity index (χ2v) is 3.77. The average molecular weight is 144 g/mol. The van der Waals surface area contributed by atoms with Crippen LogP contribution in [0.15, 0.2) is 0 Å². The van der Waals surface area contributed by atoms with E-state index in [1.807, 2.05) is 0 Å². The van der Waals surface area contributed by atoms with Gasteiger partial charge in [0.2, 0.25) is 0 Å². The predicted octanol–water partition coefficient (Wildman–Crippen LogP) is 1.54. The molecule has 2 N–H and O–H groups in total. The zero-order chi connectivity index (χ0) is 8.04. The fraction of sp³-hybridized carbons (Fsp3) is 1.00. The normalized spacial score (nSPS) is 12.0. The van der Waals surface area contributed by atoms with Gasteiger partial charge in [-0.15, -0.1) is 0 Å². The summed E-state index contributed by atoms with van der Waals surface area (Å²) >= 11 is 0. The van der Waals surface area contributed by atoms with Gasteiger partial charge < -0.3 is 0 Å². The monoisotopic (exact) mass is 144 g/mol. The van der Waals surface area contributed by atoms with Crippen molar-refractivity contribution >= 4 is 0 Å². The maximum Gasteiger partial charge on any atom is 0.0105 e. The first kappa shape index (κ1) is 9.92. The molecule has 0 aliphatic heterocycles. The lowest BCUT2D eigenvalue weighted by atomic mass is 9.93. The van der Waals surface area contributed by atoms with Gasteiger partial charge >= 0.3 is 0 Å². The molecule has 0 aromatic rings. The Hall–Kier alpha value is -0.0800. The molecule has 0 unspecified atom stereocenters. The summed E-state index contributed by atoms with van der Waals surface area (Å²) in [5.41, 5.74) is 6.66. The average Bonchev–Trinajstić information content (AvgIpc) is 1.78. The highest BCUT2D eigenvalue weighted by molar-refractivity contribution is 4.61. The Morgan fingerprint density at radius 3 is 2.10 bits per heavy atom. The second-order valence-electron chi connectivity index (χ2n) is 3.77. The summed E-state index contributed by atoms with van der Waals surface area (Å²) in [4.78, 5) is 0. The highest BCUT2D eigenvalue weighted by atomic mass is 15.3. The molecule has 0 rings (SSSR count). The number of hydrogen-bond donors (Lipinski definition) is 2. The molecular weight excluding hydrogens is 124 g/mol. The van der Waals surface area contributed by atoms with Crippen molar-refractivity contribution in [2.45, 2.75) is 34.1 Å². The van der Waals surface area contributed by atoms with Crippen molar-refractivity contribution in [3.05, 3.63) is 0 Å². The summed E-state index contributed by atoms with van der Waals surface area (Å²) in [6, 6.07) is 0. The van der Waals surface area contributed by atoms with E-state index in [0.29, 0.717) is 5.41 Å². The summed E-state index contributed by atoms with van der Waals surface area (Å²) in [7, 11) is 0. The van der Waals surface area contributed by atoms with Crippen molar-refractivity contribution in [2.24, 2.45) is 5.41 Å². The van der Waals surface area contributed by atoms with Crippen LogP contribution in [-0.2, 0) is 0 Å². The van der Waals surface area contributed by atoms with Gasteiger partial charge in [-0.3, -0.25) is 10.9 Å². The van der Waals surface area contributed by atoms with Crippen LogP contribution < -0.4 is 10.9 Å². The van der Waals surface area contributed by atoms with Crippen molar-refractivity contribution in [3.63, 3.8) is 0 Å². The zero-order valence-electron chi connectivity index (χ0n) is 7.62. The van der Waals surface area contributed by atoms with E-state index >= 15 is 0 Å². The second kappa shape index (κ2) is 4.69. The lowest BCUT2D eigenvalue weighted by Crippen LogP contribution is -2.33. The standard InChI is InChI=1S/C8H20N2/c1-5-9-10-7-6-8(2,3)4/h9-10H,5-7H2,1-4H3. The van der Waals surface area contributed by atoms with E-state index < -0.39 is 0 Å². The molecule has 0 spiro atoms. The SMILES string of the molecule is CCNNCCC(C)(C)C. The molecule has 0 aromatic carbocycles. The molecule has 0 saturated heterocycles. The van der Waals surface area contributed by atoms with E-state index in [-0.39, 0.29) is 0 Å². The highest BCUT2D eigenvalue weighted by Gasteiger charge is 2.07. The van der Waals surface area contributed by atoms with Crippen LogP contribution in [0.4, 0.5) is 0 Å². The molecule has 0 fully saturated rings. The van der Waals surface area contributed by atoms with E-state index in [9.17, 15) is 0 Å². The Labute approximate surface area is 64.4 Å². The molecule has 0 radical (unpaired) electrons. The van der Waals surface area contributed by atoms with Crippen molar-refractivity contribution in [1.82, 2.24) is 10.9 Å². The Bertz CT molecular complexity index is 73.8. The quantitative estimate of drug-likeness (QED) is 0.462. The van der Waals surface area contributed by atoms with Crippen LogP contribution in [0.1, 0.15) is 34.1 Å². The van der Waals surface area contributed by atoms with Gasteiger partial charge in [0.15, 0.2) is 0 Å². The van der Waals surface area contributed by atoms with Crippen LogP contribution in [0.2, 0.25) is 0 Å². The van der Waals surface area contributed by atoms with E-state index in [1.54, 1.807) is 0 Å². The number of hydrogen-bond acceptors (Lipinski definition) is 2. The van der Waals surface area contributed by atoms with Crippen molar-refractivity contribution in [2.75, 3.05) is 13.1 Å². The first-order valence-corrected chi connectivity index (χ1v) is 4.02. The Balaban J connectivity index is 3.04. The van der Waals surface area contributed by atoms with Crippen LogP contribution >= 0.6 is 0 Å². The maximum absolute atomic E-state index is 3.14. The molecule has 0 heterocycles. The zero-order valence-corrected chi connectivity index (χ0v) is 7.62. The Kier molecular flexibility index (Phi) is 4.65. The minimum atomic E-state index is 0.447. The molecule has 0 amide bonds. The summed E-state index contributed by atoms with van der Waals surface area (Å²) < 4.78 is 0. The number of rotatable bonds is 4. The molecule has 0 aliphatic rings. The van der Waals surface area contributed by atoms with Gasteiger partial charge in [-0.05, 0) is 11.8 Å². The van der Waals surface area contributed by atoms with Crippen molar-refractivity contribution in [3.8, 4) is 0 Å². The largest absolute Gasteiger partial charge is 0.258 e. The van der Waals surface area contributed by atoms with E-state index in [0.717, 1.165) is 13.1 Å². The van der Waals surface area contributed by atoms with Gasteiger partial charge in [-0.2, -0.15) is 0 Å². The Morgan fingerprint density at radius 1 is 1.10 bits per heavy atom. The summed E-state index contributed by atoms with van der Waals surface area (Å²) in [6.07, 6.45) is 1.21. The molecule has 2 heteroatoms. The van der Waals surface area contributed by atoms with Gasteiger partial charge in [-0.25, -0.2) is 0 Å². The van der Waals surface area contributed by atoms with Crippen LogP contribution in [0.25, 0.3) is 0 Å². The minimum absolute atomic E-state index is 0.447. The van der Waals surface area contributed by atoms with Gasteiger partial charge in [0, 0.05) is 13.1 Å². The maximum atomic E-state index is 3.14. The fourth-order valence-electron chi connectivity index (χ4n) is 0.651. The Morgan fingerprint density at radius 2 is 1.70 bits per heavy atom. The summed E-state index contributed by atoms with van der Waals surface area (Å²) in [6.45, 7) is 10.9. The van der Waals surface area contributed by atoms with Gasteiger partial charge in [0.25, 0.3) is 0 Å². The first-order valence-electron chi connectivity index (χ1n) is 4.02. The molecule has 0 aliphatic carbocycles. The molecule has 0 atom stereocenters. The van der Waals surface area contributed by atoms with Crippen molar-refractivity contribution in [1.29, 1.82) is 0 Å². The van der Waals surface area contributed by atoms with Crippen LogP contribution in [-0.4, -0.2) is 13.1 Å². The number of hydrazine groups is 1. The van der Waals surface area contributed by atoms with Gasteiger partial charge in [-0.1, -0.05) is 27.7 Å². The summed E-state index contributed by atoms with van der Waals surface area (Å²) in [5.74, 6) is 0. The first-order chi connectivity index (χ1) is 4.56. The predicted molar refractivity (Wildman–Crippen MR) is 45.8 cm³/mol. The molecule has 62 valence electrons. The topological polar surface area (TPSA) is 24.1 Å². The third kappa shape index (κ3) is 7.92. The molecule has 0 aromatic heterocycles. The molecule has 2 nitrogen and oxygen atoms in total. The van der Waals surface area contributed by atoms with E-state index in [2.05, 4.69) is 38.5 Å². The van der Waals surface area contributed by atoms with Crippen molar-refractivity contribution < 1.29 is 0 Å². The summed E-state index contributed by atoms with van der Waals surface area (Å²) in [5, 5.41) is 0.